The second-order valence-corrected chi connectivity index (χ2v) is 4.76. The molecule has 0 N–H and O–H groups in total. The molecule has 0 unspecified atom stereocenters. The van der Waals surface area contributed by atoms with Crippen molar-refractivity contribution in [2.24, 2.45) is 0 Å². The molecule has 72 valence electrons. The first-order valence-corrected chi connectivity index (χ1v) is 5.81. The van der Waals surface area contributed by atoms with Crippen LogP contribution < -0.4 is 0 Å². The maximum atomic E-state index is 11.9. The molecular formula is C9H8N2OS2. The van der Waals surface area contributed by atoms with Crippen LogP contribution >= 0.6 is 22.7 Å². The van der Waals surface area contributed by atoms with E-state index in [9.17, 15) is 4.79 Å². The molecule has 0 aliphatic carbocycles. The minimum Gasteiger partial charge on any atom is -0.286 e. The van der Waals surface area contributed by atoms with Crippen LogP contribution in [-0.2, 0) is 0 Å². The Balaban J connectivity index is 2.38. The largest absolute Gasteiger partial charge is 0.286 e. The zero-order chi connectivity index (χ0) is 10.1. The van der Waals surface area contributed by atoms with Gasteiger partial charge in [-0.25, -0.2) is 9.97 Å². The average Bonchev–Trinajstić information content (AvgIpc) is 2.73. The molecular weight excluding hydrogens is 216 g/mol. The van der Waals surface area contributed by atoms with Crippen LogP contribution in [0.2, 0.25) is 0 Å². The van der Waals surface area contributed by atoms with Crippen molar-refractivity contribution >= 4 is 28.5 Å². The molecule has 0 atom stereocenters. The Morgan fingerprint density at radius 3 is 2.64 bits per heavy atom. The van der Waals surface area contributed by atoms with Gasteiger partial charge in [-0.1, -0.05) is 0 Å². The van der Waals surface area contributed by atoms with Gasteiger partial charge in [0, 0.05) is 5.38 Å². The summed E-state index contributed by atoms with van der Waals surface area (Å²) in [4.78, 5) is 20.7. The summed E-state index contributed by atoms with van der Waals surface area (Å²) in [6, 6.07) is 0. The van der Waals surface area contributed by atoms with Crippen LogP contribution in [-0.4, -0.2) is 15.8 Å². The summed E-state index contributed by atoms with van der Waals surface area (Å²) >= 11 is 2.85. The van der Waals surface area contributed by atoms with Crippen molar-refractivity contribution in [2.45, 2.75) is 13.8 Å². The number of aromatic nitrogens is 2. The van der Waals surface area contributed by atoms with Crippen LogP contribution in [0, 0.1) is 13.8 Å². The number of hydrogen-bond donors (Lipinski definition) is 0. The molecule has 5 heteroatoms. The highest BCUT2D eigenvalue weighted by Crippen LogP contribution is 2.18. The van der Waals surface area contributed by atoms with Crippen LogP contribution in [0.25, 0.3) is 0 Å². The number of nitrogens with zero attached hydrogens (tertiary/aromatic N) is 2. The fourth-order valence-electron chi connectivity index (χ4n) is 1.10. The van der Waals surface area contributed by atoms with Crippen LogP contribution in [0.4, 0.5) is 0 Å². The van der Waals surface area contributed by atoms with Gasteiger partial charge in [0.05, 0.1) is 21.1 Å². The van der Waals surface area contributed by atoms with E-state index < -0.39 is 0 Å². The highest BCUT2D eigenvalue weighted by Gasteiger charge is 2.16. The van der Waals surface area contributed by atoms with Crippen LogP contribution in [0.3, 0.4) is 0 Å². The van der Waals surface area contributed by atoms with Crippen molar-refractivity contribution in [1.82, 2.24) is 9.97 Å². The average molecular weight is 224 g/mol. The summed E-state index contributed by atoms with van der Waals surface area (Å²) in [5.74, 6) is -0.0191. The third-order valence-corrected chi connectivity index (χ3v) is 3.50. The Morgan fingerprint density at radius 1 is 1.36 bits per heavy atom. The molecule has 2 aromatic heterocycles. The summed E-state index contributed by atoms with van der Waals surface area (Å²) in [6.45, 7) is 3.73. The number of hydrogen-bond acceptors (Lipinski definition) is 5. The summed E-state index contributed by atoms with van der Waals surface area (Å²) < 4.78 is 0. The molecule has 0 aromatic carbocycles. The third-order valence-electron chi connectivity index (χ3n) is 1.80. The maximum absolute atomic E-state index is 11.9. The molecule has 14 heavy (non-hydrogen) atoms. The number of rotatable bonds is 2. The van der Waals surface area contributed by atoms with E-state index >= 15 is 0 Å². The molecule has 2 aromatic rings. The molecule has 0 saturated carbocycles. The molecule has 0 amide bonds. The van der Waals surface area contributed by atoms with E-state index in [1.807, 2.05) is 13.8 Å². The first kappa shape index (κ1) is 9.48. The number of carbonyl (C=O) groups is 1. The number of carbonyl (C=O) groups excluding carboxylic acids is 1. The zero-order valence-electron chi connectivity index (χ0n) is 7.77. The van der Waals surface area contributed by atoms with Gasteiger partial charge in [-0.15, -0.1) is 22.7 Å². The summed E-state index contributed by atoms with van der Waals surface area (Å²) in [7, 11) is 0. The standard InChI is InChI=1S/C9H8N2OS2/c1-5-9(14-4-10-5)8(12)7-3-13-6(2)11-7/h3-4H,1-2H3. The molecule has 0 bridgehead atoms. The van der Waals surface area contributed by atoms with Crippen molar-refractivity contribution in [3.63, 3.8) is 0 Å². The zero-order valence-corrected chi connectivity index (χ0v) is 9.41. The van der Waals surface area contributed by atoms with Gasteiger partial charge in [-0.05, 0) is 13.8 Å². The first-order chi connectivity index (χ1) is 6.68. The number of ketones is 1. The molecule has 0 radical (unpaired) electrons. The predicted octanol–water partition coefficient (Wildman–Crippen LogP) is 2.45. The van der Waals surface area contributed by atoms with Crippen molar-refractivity contribution in [1.29, 1.82) is 0 Å². The second kappa shape index (κ2) is 3.59. The SMILES string of the molecule is Cc1nc(C(=O)c2scnc2C)cs1. The molecule has 3 nitrogen and oxygen atoms in total. The Morgan fingerprint density at radius 2 is 2.14 bits per heavy atom. The van der Waals surface area contributed by atoms with Crippen molar-refractivity contribution in [3.8, 4) is 0 Å². The van der Waals surface area contributed by atoms with Gasteiger partial charge in [-0.2, -0.15) is 0 Å². The molecule has 0 aliphatic rings. The normalized spacial score (nSPS) is 10.4. The monoisotopic (exact) mass is 224 g/mol. The van der Waals surface area contributed by atoms with Gasteiger partial charge < -0.3 is 0 Å². The van der Waals surface area contributed by atoms with Crippen LogP contribution in [0.1, 0.15) is 26.1 Å². The Bertz CT molecular complexity index is 473. The lowest BCUT2D eigenvalue weighted by Gasteiger charge is -1.92. The van der Waals surface area contributed by atoms with Gasteiger partial charge in [-0.3, -0.25) is 4.79 Å². The van der Waals surface area contributed by atoms with Crippen molar-refractivity contribution in [2.75, 3.05) is 0 Å². The third kappa shape index (κ3) is 1.60. The highest BCUT2D eigenvalue weighted by atomic mass is 32.1. The summed E-state index contributed by atoms with van der Waals surface area (Å²) in [5, 5.41) is 2.70. The second-order valence-electron chi connectivity index (χ2n) is 2.85. The maximum Gasteiger partial charge on any atom is 0.224 e. The molecule has 0 spiro atoms. The smallest absolute Gasteiger partial charge is 0.224 e. The lowest BCUT2D eigenvalue weighted by atomic mass is 10.2. The minimum absolute atomic E-state index is 0.0191. The fourth-order valence-corrected chi connectivity index (χ4v) is 2.45. The van der Waals surface area contributed by atoms with E-state index in [0.717, 1.165) is 10.7 Å². The van der Waals surface area contributed by atoms with E-state index in [2.05, 4.69) is 9.97 Å². The molecule has 2 heterocycles. The van der Waals surface area contributed by atoms with Crippen molar-refractivity contribution < 1.29 is 4.79 Å². The Hall–Kier alpha value is -1.07. The van der Waals surface area contributed by atoms with Gasteiger partial charge >= 0.3 is 0 Å². The van der Waals surface area contributed by atoms with Gasteiger partial charge in [0.15, 0.2) is 0 Å². The quantitative estimate of drug-likeness (QED) is 0.736. The minimum atomic E-state index is -0.0191. The van der Waals surface area contributed by atoms with E-state index in [1.54, 1.807) is 10.9 Å². The first-order valence-electron chi connectivity index (χ1n) is 4.05. The molecule has 0 aliphatic heterocycles. The van der Waals surface area contributed by atoms with Gasteiger partial charge in [0.25, 0.3) is 0 Å². The van der Waals surface area contributed by atoms with E-state index in [-0.39, 0.29) is 5.78 Å². The van der Waals surface area contributed by atoms with Gasteiger partial charge in [0.2, 0.25) is 5.78 Å². The van der Waals surface area contributed by atoms with Crippen LogP contribution in [0.5, 0.6) is 0 Å². The van der Waals surface area contributed by atoms with Crippen LogP contribution in [0.15, 0.2) is 10.9 Å². The summed E-state index contributed by atoms with van der Waals surface area (Å²) in [5.41, 5.74) is 2.99. The van der Waals surface area contributed by atoms with E-state index in [0.29, 0.717) is 10.6 Å². The molecule has 0 saturated heterocycles. The molecule has 2 rings (SSSR count). The number of aryl methyl sites for hydroxylation is 2. The Labute approximate surface area is 89.5 Å². The highest BCUT2D eigenvalue weighted by molar-refractivity contribution is 7.12. The topological polar surface area (TPSA) is 42.9 Å². The van der Waals surface area contributed by atoms with E-state index in [1.165, 1.54) is 22.7 Å². The van der Waals surface area contributed by atoms with Gasteiger partial charge in [0.1, 0.15) is 5.69 Å². The molecule has 0 fully saturated rings. The van der Waals surface area contributed by atoms with Crippen molar-refractivity contribution in [3.05, 3.63) is 32.2 Å². The predicted molar refractivity (Wildman–Crippen MR) is 57.1 cm³/mol. The number of thiazole rings is 2. The fraction of sp³-hybridized carbons (Fsp3) is 0.222. The Kier molecular flexibility index (Phi) is 2.43. The lowest BCUT2D eigenvalue weighted by molar-refractivity contribution is 0.103. The lowest BCUT2D eigenvalue weighted by Crippen LogP contribution is -2.01. The van der Waals surface area contributed by atoms with E-state index in [4.69, 9.17) is 0 Å². The summed E-state index contributed by atoms with van der Waals surface area (Å²) in [6.07, 6.45) is 0.